The maximum atomic E-state index is 6.09. The molecule has 1 heterocycles. The Morgan fingerprint density at radius 1 is 1.44 bits per heavy atom. The van der Waals surface area contributed by atoms with Gasteiger partial charge in [-0.1, -0.05) is 20.8 Å². The summed E-state index contributed by atoms with van der Waals surface area (Å²) in [7, 11) is -1.59. The predicted molar refractivity (Wildman–Crippen MR) is 78.1 cm³/mol. The van der Waals surface area contributed by atoms with Crippen molar-refractivity contribution in [2.45, 2.75) is 45.4 Å². The first kappa shape index (κ1) is 14.2. The van der Waals surface area contributed by atoms with Gasteiger partial charge in [0.25, 0.3) is 0 Å². The molecule has 0 N–H and O–H groups in total. The second-order valence-corrected chi connectivity index (χ2v) is 11.5. The van der Waals surface area contributed by atoms with Crippen molar-refractivity contribution in [3.05, 3.63) is 16.2 Å². The van der Waals surface area contributed by atoms with Gasteiger partial charge in [0.05, 0.1) is 12.9 Å². The zero-order valence-corrected chi connectivity index (χ0v) is 13.9. The lowest BCUT2D eigenvalue weighted by molar-refractivity contribution is 0.271. The van der Waals surface area contributed by atoms with Crippen LogP contribution in [0.1, 0.15) is 20.8 Å². The van der Waals surface area contributed by atoms with E-state index in [2.05, 4.69) is 66.0 Å². The Kier molecular flexibility index (Phi) is 4.59. The number of nitrogens with zero attached hydrogens (tertiary/aromatic N) is 2. The highest BCUT2D eigenvalue weighted by Crippen LogP contribution is 2.36. The van der Waals surface area contributed by atoms with Gasteiger partial charge < -0.3 is 8.99 Å². The maximum Gasteiger partial charge on any atom is 0.192 e. The average molecular weight is 352 g/mol. The lowest BCUT2D eigenvalue weighted by Crippen LogP contribution is -2.41. The van der Waals surface area contributed by atoms with Crippen LogP contribution in [0.2, 0.25) is 18.1 Å². The van der Waals surface area contributed by atoms with Crippen LogP contribution in [0.5, 0.6) is 0 Å². The number of hydrogen-bond donors (Lipinski definition) is 0. The van der Waals surface area contributed by atoms with E-state index in [-0.39, 0.29) is 5.04 Å². The van der Waals surface area contributed by atoms with Gasteiger partial charge in [0, 0.05) is 12.7 Å². The Balaban J connectivity index is 2.41. The van der Waals surface area contributed by atoms with Crippen LogP contribution in [-0.4, -0.2) is 24.5 Å². The minimum Gasteiger partial charge on any atom is -0.415 e. The van der Waals surface area contributed by atoms with E-state index in [1.54, 1.807) is 0 Å². The fourth-order valence-corrected chi connectivity index (χ4v) is 2.59. The quantitative estimate of drug-likeness (QED) is 0.613. The summed E-state index contributed by atoms with van der Waals surface area (Å²) in [6.07, 6.45) is 3.90. The summed E-state index contributed by atoms with van der Waals surface area (Å²) in [4.78, 5) is 4.19. The summed E-state index contributed by atoms with van der Waals surface area (Å²) in [6, 6.07) is 0. The molecule has 0 aliphatic rings. The molecule has 0 aliphatic heterocycles. The van der Waals surface area contributed by atoms with E-state index in [4.69, 9.17) is 4.43 Å². The highest BCUT2D eigenvalue weighted by Gasteiger charge is 2.36. The van der Waals surface area contributed by atoms with E-state index in [1.807, 2.05) is 12.5 Å². The Bertz CT molecular complexity index is 344. The molecule has 0 aromatic carbocycles. The van der Waals surface area contributed by atoms with Crippen molar-refractivity contribution in [1.82, 2.24) is 9.55 Å². The number of halogens is 1. The minimum absolute atomic E-state index is 0.288. The third-order valence-electron chi connectivity index (χ3n) is 3.22. The third-order valence-corrected chi connectivity index (χ3v) is 8.32. The summed E-state index contributed by atoms with van der Waals surface area (Å²) in [5, 5.41) is 0.288. The predicted octanol–water partition coefficient (Wildman–Crippen LogP) is 3.51. The second-order valence-electron chi connectivity index (χ2n) is 5.54. The molecule has 0 atom stereocenters. The van der Waals surface area contributed by atoms with Crippen LogP contribution in [-0.2, 0) is 11.0 Å². The topological polar surface area (TPSA) is 27.1 Å². The molecule has 0 aliphatic carbocycles. The molecule has 92 valence electrons. The van der Waals surface area contributed by atoms with Crippen molar-refractivity contribution in [3.63, 3.8) is 0 Å². The van der Waals surface area contributed by atoms with Crippen molar-refractivity contribution in [2.75, 3.05) is 6.61 Å². The van der Waals surface area contributed by atoms with Crippen LogP contribution in [0.15, 0.2) is 12.5 Å². The first-order valence-corrected chi connectivity index (χ1v) is 9.52. The van der Waals surface area contributed by atoms with Crippen LogP contribution < -0.4 is 0 Å². The van der Waals surface area contributed by atoms with Gasteiger partial charge in [0.15, 0.2) is 8.32 Å². The molecule has 0 amide bonds. The number of rotatable bonds is 4. The molecule has 1 aromatic rings. The van der Waals surface area contributed by atoms with Crippen LogP contribution in [0.3, 0.4) is 0 Å². The number of hydrogen-bond acceptors (Lipinski definition) is 2. The monoisotopic (exact) mass is 352 g/mol. The maximum absolute atomic E-state index is 6.09. The molecule has 16 heavy (non-hydrogen) atoms. The molecule has 0 saturated heterocycles. The zero-order valence-electron chi connectivity index (χ0n) is 10.7. The first-order chi connectivity index (χ1) is 7.22. The van der Waals surface area contributed by atoms with Gasteiger partial charge in [-0.05, 0) is 40.7 Å². The van der Waals surface area contributed by atoms with Crippen LogP contribution >= 0.6 is 22.6 Å². The lowest BCUT2D eigenvalue weighted by Gasteiger charge is -2.36. The molecule has 0 radical (unpaired) electrons. The van der Waals surface area contributed by atoms with Crippen LogP contribution in [0.4, 0.5) is 0 Å². The largest absolute Gasteiger partial charge is 0.415 e. The second kappa shape index (κ2) is 5.18. The van der Waals surface area contributed by atoms with Crippen molar-refractivity contribution in [1.29, 1.82) is 0 Å². The van der Waals surface area contributed by atoms with E-state index in [0.29, 0.717) is 0 Å². The van der Waals surface area contributed by atoms with Gasteiger partial charge >= 0.3 is 0 Å². The van der Waals surface area contributed by atoms with E-state index < -0.39 is 8.32 Å². The molecular weight excluding hydrogens is 331 g/mol. The van der Waals surface area contributed by atoms with E-state index in [9.17, 15) is 0 Å². The highest BCUT2D eigenvalue weighted by atomic mass is 127. The summed E-state index contributed by atoms with van der Waals surface area (Å²) < 4.78 is 9.21. The molecule has 3 nitrogen and oxygen atoms in total. The summed E-state index contributed by atoms with van der Waals surface area (Å²) in [5.41, 5.74) is 0. The van der Waals surface area contributed by atoms with Gasteiger partial charge in [-0.25, -0.2) is 4.98 Å². The Morgan fingerprint density at radius 3 is 2.50 bits per heavy atom. The molecule has 0 fully saturated rings. The first-order valence-electron chi connectivity index (χ1n) is 5.53. The average Bonchev–Trinajstić information content (AvgIpc) is 2.49. The molecule has 1 aromatic heterocycles. The fourth-order valence-electron chi connectivity index (χ4n) is 1.08. The normalized spacial score (nSPS) is 13.1. The fraction of sp³-hybridized carbons (Fsp3) is 0.727. The standard InChI is InChI=1S/C11H21IN2OSi/c1-11(2,3)16(4,5)15-7-6-14-8-10(12)13-9-14/h8-9H,6-7H2,1-5H3. The molecule has 0 saturated carbocycles. The van der Waals surface area contributed by atoms with Gasteiger partial charge in [-0.15, -0.1) is 0 Å². The smallest absolute Gasteiger partial charge is 0.192 e. The van der Waals surface area contributed by atoms with Gasteiger partial charge in [-0.2, -0.15) is 0 Å². The van der Waals surface area contributed by atoms with Gasteiger partial charge in [-0.3, -0.25) is 0 Å². The van der Waals surface area contributed by atoms with Crippen LogP contribution in [0, 0.1) is 3.70 Å². The molecule has 1 rings (SSSR count). The minimum atomic E-state index is -1.59. The summed E-state index contributed by atoms with van der Waals surface area (Å²) in [6.45, 7) is 13.0. The lowest BCUT2D eigenvalue weighted by atomic mass is 10.2. The van der Waals surface area contributed by atoms with Crippen molar-refractivity contribution in [2.24, 2.45) is 0 Å². The Labute approximate surface area is 113 Å². The summed E-state index contributed by atoms with van der Waals surface area (Å²) in [5.74, 6) is 0. The molecular formula is C11H21IN2OSi. The SMILES string of the molecule is CC(C)(C)[Si](C)(C)OCCn1cnc(I)c1. The Morgan fingerprint density at radius 2 is 2.06 bits per heavy atom. The molecule has 0 unspecified atom stereocenters. The van der Waals surface area contributed by atoms with Crippen LogP contribution in [0.25, 0.3) is 0 Å². The van der Waals surface area contributed by atoms with E-state index in [0.717, 1.165) is 16.9 Å². The third kappa shape index (κ3) is 3.85. The summed E-state index contributed by atoms with van der Waals surface area (Å²) >= 11 is 2.22. The molecule has 0 bridgehead atoms. The van der Waals surface area contributed by atoms with Gasteiger partial charge in [0.2, 0.25) is 0 Å². The molecule has 5 heteroatoms. The van der Waals surface area contributed by atoms with Crippen molar-refractivity contribution >= 4 is 30.9 Å². The van der Waals surface area contributed by atoms with Crippen molar-refractivity contribution < 1.29 is 4.43 Å². The zero-order chi connectivity index (χ0) is 12.4. The van der Waals surface area contributed by atoms with E-state index >= 15 is 0 Å². The van der Waals surface area contributed by atoms with Gasteiger partial charge in [0.1, 0.15) is 3.70 Å². The van der Waals surface area contributed by atoms with E-state index in [1.165, 1.54) is 0 Å². The number of aromatic nitrogens is 2. The highest BCUT2D eigenvalue weighted by molar-refractivity contribution is 14.1. The number of imidazole rings is 1. The molecule has 0 spiro atoms. The Hall–Kier alpha value is 0.117. The van der Waals surface area contributed by atoms with Crippen molar-refractivity contribution in [3.8, 4) is 0 Å².